The number of carbonyl (C=O) groups excluding carboxylic acids is 2. The largest absolute Gasteiger partial charge is 0.381 e. The van der Waals surface area contributed by atoms with Crippen LogP contribution in [0.4, 0.5) is 5.69 Å². The van der Waals surface area contributed by atoms with Crippen LogP contribution < -0.4 is 10.6 Å². The average molecular weight is 276 g/mol. The molecular formula is C14H16N2O2S. The van der Waals surface area contributed by atoms with E-state index in [1.165, 1.54) is 12.2 Å². The third kappa shape index (κ3) is 2.34. The van der Waals surface area contributed by atoms with Gasteiger partial charge in [0.2, 0.25) is 0 Å². The Bertz CT molecular complexity index is 544. The molecule has 1 fully saturated rings. The molecule has 5 heteroatoms. The van der Waals surface area contributed by atoms with Crippen LogP contribution in [0.25, 0.3) is 0 Å². The minimum absolute atomic E-state index is 0.297. The van der Waals surface area contributed by atoms with E-state index in [9.17, 15) is 9.59 Å². The molecule has 1 saturated heterocycles. The summed E-state index contributed by atoms with van der Waals surface area (Å²) in [5, 5.41) is 6.36. The van der Waals surface area contributed by atoms with E-state index >= 15 is 0 Å². The van der Waals surface area contributed by atoms with Gasteiger partial charge < -0.3 is 5.32 Å². The van der Waals surface area contributed by atoms with Gasteiger partial charge in [-0.25, -0.2) is 0 Å². The van der Waals surface area contributed by atoms with Crippen LogP contribution in [-0.4, -0.2) is 28.9 Å². The molecule has 2 heterocycles. The highest BCUT2D eigenvalue weighted by molar-refractivity contribution is 8.00. The Hall–Kier alpha value is -1.49. The van der Waals surface area contributed by atoms with Crippen molar-refractivity contribution >= 4 is 29.3 Å². The number of carbonyl (C=O) groups is 2. The zero-order valence-corrected chi connectivity index (χ0v) is 11.5. The summed E-state index contributed by atoms with van der Waals surface area (Å²) in [5.74, 6) is 0.628. The number of benzene rings is 1. The second kappa shape index (κ2) is 4.89. The van der Waals surface area contributed by atoms with E-state index in [0.717, 1.165) is 12.1 Å². The molecule has 4 nitrogen and oxygen atoms in total. The van der Waals surface area contributed by atoms with Gasteiger partial charge in [-0.05, 0) is 36.8 Å². The quantitative estimate of drug-likeness (QED) is 0.814. The summed E-state index contributed by atoms with van der Waals surface area (Å²) in [6.45, 7) is 2.23. The zero-order valence-electron chi connectivity index (χ0n) is 10.7. The Labute approximate surface area is 116 Å². The lowest BCUT2D eigenvalue weighted by Gasteiger charge is -2.30. The van der Waals surface area contributed by atoms with Crippen LogP contribution in [0.3, 0.4) is 0 Å². The van der Waals surface area contributed by atoms with Gasteiger partial charge in [0.15, 0.2) is 0 Å². The molecule has 2 aliphatic heterocycles. The number of fused-ring (bicyclic) bond motifs is 1. The van der Waals surface area contributed by atoms with E-state index in [2.05, 4.69) is 17.6 Å². The van der Waals surface area contributed by atoms with E-state index < -0.39 is 0 Å². The minimum Gasteiger partial charge on any atom is -0.381 e. The molecule has 1 aromatic carbocycles. The zero-order chi connectivity index (χ0) is 13.4. The molecule has 0 saturated carbocycles. The molecule has 0 aromatic heterocycles. The van der Waals surface area contributed by atoms with Gasteiger partial charge in [-0.1, -0.05) is 6.92 Å². The van der Waals surface area contributed by atoms with Crippen LogP contribution in [0, 0.1) is 0 Å². The van der Waals surface area contributed by atoms with E-state index in [1.54, 1.807) is 12.1 Å². The van der Waals surface area contributed by atoms with E-state index in [1.807, 2.05) is 17.8 Å². The maximum atomic E-state index is 11.6. The van der Waals surface area contributed by atoms with Gasteiger partial charge in [0.25, 0.3) is 11.8 Å². The Morgan fingerprint density at radius 3 is 2.84 bits per heavy atom. The highest BCUT2D eigenvalue weighted by Gasteiger charge is 2.27. The first-order valence-electron chi connectivity index (χ1n) is 6.53. The van der Waals surface area contributed by atoms with Crippen LogP contribution in [-0.2, 0) is 0 Å². The predicted molar refractivity (Wildman–Crippen MR) is 76.8 cm³/mol. The lowest BCUT2D eigenvalue weighted by atomic mass is 10.1. The number of thioether (sulfide) groups is 1. The smallest absolute Gasteiger partial charge is 0.259 e. The fraction of sp³-hybridized carbons (Fsp3) is 0.429. The Morgan fingerprint density at radius 2 is 2.05 bits per heavy atom. The first kappa shape index (κ1) is 12.5. The SMILES string of the molecule is CC1SCCCC1Nc1ccc2c(c1)C(=O)NC2=O. The summed E-state index contributed by atoms with van der Waals surface area (Å²) in [6, 6.07) is 5.81. The van der Waals surface area contributed by atoms with Gasteiger partial charge in [0.05, 0.1) is 11.1 Å². The second-order valence-corrected chi connectivity index (χ2v) is 6.50. The van der Waals surface area contributed by atoms with Crippen LogP contribution >= 0.6 is 11.8 Å². The van der Waals surface area contributed by atoms with Crippen molar-refractivity contribution in [1.82, 2.24) is 5.32 Å². The molecule has 19 heavy (non-hydrogen) atoms. The lowest BCUT2D eigenvalue weighted by Crippen LogP contribution is -2.32. The van der Waals surface area contributed by atoms with Gasteiger partial charge >= 0.3 is 0 Å². The average Bonchev–Trinajstić information content (AvgIpc) is 2.68. The fourth-order valence-electron chi connectivity index (χ4n) is 2.58. The van der Waals surface area contributed by atoms with E-state index in [0.29, 0.717) is 22.4 Å². The molecular weight excluding hydrogens is 260 g/mol. The molecule has 2 aliphatic rings. The first-order valence-corrected chi connectivity index (χ1v) is 7.58. The number of hydrogen-bond acceptors (Lipinski definition) is 4. The van der Waals surface area contributed by atoms with Crippen LogP contribution in [0.15, 0.2) is 18.2 Å². The number of amides is 2. The van der Waals surface area contributed by atoms with Gasteiger partial charge in [-0.3, -0.25) is 14.9 Å². The standard InChI is InChI=1S/C14H16N2O2S/c1-8-12(3-2-6-19-8)15-9-4-5-10-11(7-9)14(18)16-13(10)17/h4-5,7-8,12,15H,2-3,6H2,1H3,(H,16,17,18). The van der Waals surface area contributed by atoms with Gasteiger partial charge in [-0.2, -0.15) is 11.8 Å². The summed E-state index contributed by atoms with van der Waals surface area (Å²) in [4.78, 5) is 23.1. The number of anilines is 1. The molecule has 0 spiro atoms. The number of hydrogen-bond donors (Lipinski definition) is 2. The Balaban J connectivity index is 1.81. The molecule has 0 radical (unpaired) electrons. The van der Waals surface area contributed by atoms with Gasteiger partial charge in [0.1, 0.15) is 0 Å². The van der Waals surface area contributed by atoms with E-state index in [4.69, 9.17) is 0 Å². The maximum absolute atomic E-state index is 11.6. The highest BCUT2D eigenvalue weighted by Crippen LogP contribution is 2.28. The fourth-order valence-corrected chi connectivity index (χ4v) is 3.73. The van der Waals surface area contributed by atoms with Crippen molar-refractivity contribution in [3.63, 3.8) is 0 Å². The normalized spacial score (nSPS) is 25.9. The van der Waals surface area contributed by atoms with Crippen molar-refractivity contribution in [3.05, 3.63) is 29.3 Å². The molecule has 100 valence electrons. The summed E-state index contributed by atoms with van der Waals surface area (Å²) in [7, 11) is 0. The van der Waals surface area contributed by atoms with Crippen LogP contribution in [0.5, 0.6) is 0 Å². The summed E-state index contributed by atoms with van der Waals surface area (Å²) in [6.07, 6.45) is 2.37. The number of nitrogens with one attached hydrogen (secondary N) is 2. The Morgan fingerprint density at radius 1 is 1.26 bits per heavy atom. The lowest BCUT2D eigenvalue weighted by molar-refractivity contribution is 0.0879. The summed E-state index contributed by atoms with van der Waals surface area (Å²) < 4.78 is 0. The maximum Gasteiger partial charge on any atom is 0.259 e. The molecule has 2 unspecified atom stereocenters. The molecule has 0 aliphatic carbocycles. The van der Waals surface area contributed by atoms with Crippen molar-refractivity contribution in [1.29, 1.82) is 0 Å². The highest BCUT2D eigenvalue weighted by atomic mass is 32.2. The summed E-state index contributed by atoms with van der Waals surface area (Å²) >= 11 is 1.98. The molecule has 2 amide bonds. The summed E-state index contributed by atoms with van der Waals surface area (Å²) in [5.41, 5.74) is 1.87. The number of rotatable bonds is 2. The van der Waals surface area contributed by atoms with Crippen molar-refractivity contribution in [2.75, 3.05) is 11.1 Å². The molecule has 3 rings (SSSR count). The second-order valence-electron chi connectivity index (χ2n) is 5.01. The van der Waals surface area contributed by atoms with Crippen molar-refractivity contribution in [2.24, 2.45) is 0 Å². The van der Waals surface area contributed by atoms with Crippen LogP contribution in [0.1, 0.15) is 40.5 Å². The van der Waals surface area contributed by atoms with Gasteiger partial charge in [0, 0.05) is 17.0 Å². The first-order chi connectivity index (χ1) is 9.15. The predicted octanol–water partition coefficient (Wildman–Crippen LogP) is 2.27. The topological polar surface area (TPSA) is 58.2 Å². The third-order valence-corrected chi connectivity index (χ3v) is 5.07. The van der Waals surface area contributed by atoms with Gasteiger partial charge in [-0.15, -0.1) is 0 Å². The molecule has 2 atom stereocenters. The molecule has 0 bridgehead atoms. The minimum atomic E-state index is -0.298. The Kier molecular flexibility index (Phi) is 3.22. The van der Waals surface area contributed by atoms with E-state index in [-0.39, 0.29) is 11.8 Å². The third-order valence-electron chi connectivity index (χ3n) is 3.69. The molecule has 1 aromatic rings. The molecule has 2 N–H and O–H groups in total. The number of imide groups is 1. The van der Waals surface area contributed by atoms with Crippen molar-refractivity contribution < 1.29 is 9.59 Å². The monoisotopic (exact) mass is 276 g/mol. The van der Waals surface area contributed by atoms with Crippen molar-refractivity contribution in [3.8, 4) is 0 Å². The van der Waals surface area contributed by atoms with Crippen molar-refractivity contribution in [2.45, 2.75) is 31.1 Å². The van der Waals surface area contributed by atoms with Crippen LogP contribution in [0.2, 0.25) is 0 Å².